The molecular weight excluding hydrogens is 643 g/mol. The minimum absolute atomic E-state index is 0.792. The maximum Gasteiger partial charge on any atom is 0.263 e. The van der Waals surface area contributed by atoms with Crippen LogP contribution in [0, 0.1) is 0 Å². The molecule has 0 saturated carbocycles. The van der Waals surface area contributed by atoms with Crippen molar-refractivity contribution in [3.63, 3.8) is 0 Å². The van der Waals surface area contributed by atoms with E-state index in [9.17, 15) is 0 Å². The molecule has 0 aliphatic carbocycles. The van der Waals surface area contributed by atoms with Crippen molar-refractivity contribution < 1.29 is 14.0 Å². The van der Waals surface area contributed by atoms with Crippen LogP contribution in [-0.2, 0) is 13.6 Å². The molecule has 2 aromatic heterocycles. The minimum Gasteiger partial charge on any atom is -0.496 e. The van der Waals surface area contributed by atoms with Gasteiger partial charge in [0.25, 0.3) is 5.01 Å². The number of anilines is 2. The summed E-state index contributed by atoms with van der Waals surface area (Å²) in [7, 11) is 9.84. The van der Waals surface area contributed by atoms with E-state index in [1.807, 2.05) is 22.9 Å². The first kappa shape index (κ1) is 35.2. The van der Waals surface area contributed by atoms with Crippen molar-refractivity contribution in [2.45, 2.75) is 46.1 Å². The second kappa shape index (κ2) is 15.9. The fourth-order valence-electron chi connectivity index (χ4n) is 6.64. The number of allylic oxidation sites excluding steroid dienone is 2. The van der Waals surface area contributed by atoms with E-state index in [0.717, 1.165) is 96.8 Å². The lowest BCUT2D eigenvalue weighted by atomic mass is 9.98. The number of methoxy groups -OCH3 is 2. The molecule has 0 radical (unpaired) electrons. The SMILES string of the molecule is CCCCn1cc(N2C(N(CCC)CCCN(C)C)=CC(=Cc3sc4cc(-c5c(OC)cccc5OC)ccc4[n+]3C)c3ccccc32)nn1. The van der Waals surface area contributed by atoms with E-state index >= 15 is 0 Å². The van der Waals surface area contributed by atoms with Crippen molar-refractivity contribution in [3.05, 3.63) is 89.3 Å². The summed E-state index contributed by atoms with van der Waals surface area (Å²) in [6, 6.07) is 21.2. The van der Waals surface area contributed by atoms with Crippen molar-refractivity contribution in [3.8, 4) is 22.6 Å². The summed E-state index contributed by atoms with van der Waals surface area (Å²) < 4.78 is 16.9. The Morgan fingerprint density at radius 3 is 2.40 bits per heavy atom. The van der Waals surface area contributed by atoms with Gasteiger partial charge in [0.15, 0.2) is 5.82 Å². The lowest BCUT2D eigenvalue weighted by Crippen LogP contribution is -2.37. The molecule has 0 fully saturated rings. The van der Waals surface area contributed by atoms with Crippen molar-refractivity contribution >= 4 is 44.7 Å². The summed E-state index contributed by atoms with van der Waals surface area (Å²) in [6.07, 6.45) is 11.1. The van der Waals surface area contributed by atoms with Gasteiger partial charge in [-0.1, -0.05) is 61.1 Å². The number of unbranched alkanes of at least 4 members (excludes halogenated alkanes) is 1. The van der Waals surface area contributed by atoms with E-state index in [-0.39, 0.29) is 0 Å². The molecule has 5 aromatic rings. The molecule has 6 rings (SSSR count). The molecular formula is C40H50N7O2S+. The van der Waals surface area contributed by atoms with Crippen LogP contribution in [0.1, 0.15) is 50.1 Å². The largest absolute Gasteiger partial charge is 0.496 e. The Labute approximate surface area is 300 Å². The van der Waals surface area contributed by atoms with Gasteiger partial charge in [-0.25, -0.2) is 0 Å². The first-order chi connectivity index (χ1) is 24.4. The van der Waals surface area contributed by atoms with E-state index in [1.165, 1.54) is 21.4 Å². The molecule has 0 amide bonds. The molecule has 1 aliphatic heterocycles. The van der Waals surface area contributed by atoms with Gasteiger partial charge in [-0.3, -0.25) is 9.58 Å². The van der Waals surface area contributed by atoms with Gasteiger partial charge in [-0.05, 0) is 87.4 Å². The minimum atomic E-state index is 0.792. The monoisotopic (exact) mass is 692 g/mol. The zero-order valence-corrected chi connectivity index (χ0v) is 31.3. The van der Waals surface area contributed by atoms with Gasteiger partial charge in [0.2, 0.25) is 5.52 Å². The zero-order chi connectivity index (χ0) is 35.2. The number of thiazole rings is 1. The molecule has 262 valence electrons. The van der Waals surface area contributed by atoms with Crippen LogP contribution in [0.2, 0.25) is 0 Å². The van der Waals surface area contributed by atoms with Crippen molar-refractivity contribution in [2.75, 3.05) is 52.8 Å². The number of rotatable bonds is 15. The fraction of sp³-hybridized carbons (Fsp3) is 0.375. The van der Waals surface area contributed by atoms with Crippen LogP contribution in [0.4, 0.5) is 11.5 Å². The number of para-hydroxylation sites is 1. The van der Waals surface area contributed by atoms with Crippen LogP contribution < -0.4 is 18.9 Å². The van der Waals surface area contributed by atoms with Gasteiger partial charge < -0.3 is 19.3 Å². The van der Waals surface area contributed by atoms with Crippen molar-refractivity contribution in [1.29, 1.82) is 0 Å². The summed E-state index contributed by atoms with van der Waals surface area (Å²) in [6.45, 7) is 8.24. The zero-order valence-electron chi connectivity index (χ0n) is 30.5. The van der Waals surface area contributed by atoms with Crippen LogP contribution in [0.5, 0.6) is 11.5 Å². The number of hydrogen-bond donors (Lipinski definition) is 0. The summed E-state index contributed by atoms with van der Waals surface area (Å²) in [5.41, 5.74) is 6.65. The second-order valence-corrected chi connectivity index (χ2v) is 14.1. The Bertz CT molecular complexity index is 1970. The average Bonchev–Trinajstić information content (AvgIpc) is 3.72. The van der Waals surface area contributed by atoms with Crippen LogP contribution >= 0.6 is 11.3 Å². The molecule has 0 atom stereocenters. The third-order valence-corrected chi connectivity index (χ3v) is 10.3. The summed E-state index contributed by atoms with van der Waals surface area (Å²) in [4.78, 5) is 7.09. The molecule has 50 heavy (non-hydrogen) atoms. The Morgan fingerprint density at radius 1 is 0.900 bits per heavy atom. The number of fused-ring (bicyclic) bond motifs is 2. The predicted octanol–water partition coefficient (Wildman–Crippen LogP) is 8.00. The first-order valence-corrected chi connectivity index (χ1v) is 18.4. The maximum absolute atomic E-state index is 5.74. The number of aryl methyl sites for hydroxylation is 2. The lowest BCUT2D eigenvalue weighted by Gasteiger charge is -2.38. The summed E-state index contributed by atoms with van der Waals surface area (Å²) >= 11 is 1.79. The van der Waals surface area contributed by atoms with Gasteiger partial charge in [0.1, 0.15) is 29.1 Å². The highest BCUT2D eigenvalue weighted by Gasteiger charge is 2.30. The number of hydrogen-bond acceptors (Lipinski definition) is 8. The molecule has 3 aromatic carbocycles. The van der Waals surface area contributed by atoms with Crippen LogP contribution in [0.15, 0.2) is 78.8 Å². The van der Waals surface area contributed by atoms with Crippen LogP contribution in [-0.4, -0.2) is 72.7 Å². The van der Waals surface area contributed by atoms with Gasteiger partial charge in [0, 0.05) is 37.3 Å². The fourth-order valence-corrected chi connectivity index (χ4v) is 7.78. The quantitative estimate of drug-likeness (QED) is 0.103. The Kier molecular flexibility index (Phi) is 11.2. The van der Waals surface area contributed by atoms with E-state index in [2.05, 4.69) is 120 Å². The Balaban J connectivity index is 1.47. The molecule has 10 heteroatoms. The topological polar surface area (TPSA) is 62.8 Å². The normalized spacial score (nSPS) is 13.6. The summed E-state index contributed by atoms with van der Waals surface area (Å²) in [5.74, 6) is 3.56. The summed E-state index contributed by atoms with van der Waals surface area (Å²) in [5, 5.41) is 10.4. The number of nitrogens with zero attached hydrogens (tertiary/aromatic N) is 7. The standard InChI is InChI=1S/C40H50N7O2S/c1-8-10-24-46-28-37(41-42-46)47-32-16-12-11-15-31(32)30(26-38(47)45(21-9-2)23-14-22-43(3)4)27-39-44(5)33-20-19-29(25-36(33)50-39)40-34(48-6)17-13-18-35(40)49-7/h11-13,15-20,25-28H,8-10,14,21-24H2,1-7H3/q+1. The molecule has 0 saturated heterocycles. The molecule has 0 bridgehead atoms. The highest BCUT2D eigenvalue weighted by Crippen LogP contribution is 2.43. The predicted molar refractivity (Wildman–Crippen MR) is 206 cm³/mol. The Hall–Kier alpha value is -4.67. The number of benzene rings is 3. The highest BCUT2D eigenvalue weighted by atomic mass is 32.1. The van der Waals surface area contributed by atoms with Gasteiger partial charge in [-0.2, -0.15) is 4.57 Å². The number of ether oxygens (including phenoxy) is 2. The van der Waals surface area contributed by atoms with Gasteiger partial charge in [0.05, 0.1) is 31.7 Å². The van der Waals surface area contributed by atoms with E-state index in [4.69, 9.17) is 14.6 Å². The first-order valence-electron chi connectivity index (χ1n) is 17.6. The molecule has 3 heterocycles. The molecule has 0 unspecified atom stereocenters. The second-order valence-electron chi connectivity index (χ2n) is 13.0. The third kappa shape index (κ3) is 7.27. The Morgan fingerprint density at radius 2 is 1.68 bits per heavy atom. The van der Waals surface area contributed by atoms with Gasteiger partial charge >= 0.3 is 0 Å². The average molecular weight is 693 g/mol. The highest BCUT2D eigenvalue weighted by molar-refractivity contribution is 7.19. The van der Waals surface area contributed by atoms with Crippen LogP contribution in [0.3, 0.4) is 0 Å². The maximum atomic E-state index is 5.74. The smallest absolute Gasteiger partial charge is 0.263 e. The van der Waals surface area contributed by atoms with Crippen molar-refractivity contribution in [1.82, 2.24) is 24.8 Å². The molecule has 9 nitrogen and oxygen atoms in total. The third-order valence-electron chi connectivity index (χ3n) is 9.18. The van der Waals surface area contributed by atoms with E-state index in [0.29, 0.717) is 0 Å². The van der Waals surface area contributed by atoms with E-state index in [1.54, 1.807) is 25.6 Å². The number of aromatic nitrogens is 4. The molecule has 1 aliphatic rings. The van der Waals surface area contributed by atoms with E-state index < -0.39 is 0 Å². The van der Waals surface area contributed by atoms with Crippen molar-refractivity contribution in [2.24, 2.45) is 7.05 Å². The van der Waals surface area contributed by atoms with Gasteiger partial charge in [-0.15, -0.1) is 5.10 Å². The lowest BCUT2D eigenvalue weighted by molar-refractivity contribution is -0.642. The van der Waals surface area contributed by atoms with Crippen LogP contribution in [0.25, 0.3) is 33.0 Å². The molecule has 0 N–H and O–H groups in total. The molecule has 0 spiro atoms.